The van der Waals surface area contributed by atoms with E-state index in [4.69, 9.17) is 4.74 Å². The van der Waals surface area contributed by atoms with Crippen molar-refractivity contribution in [1.82, 2.24) is 5.32 Å². The summed E-state index contributed by atoms with van der Waals surface area (Å²) in [4.78, 5) is 24.5. The normalized spacial score (nSPS) is 12.7. The molecule has 0 radical (unpaired) electrons. The monoisotopic (exact) mass is 930 g/mol. The third-order valence-electron chi connectivity index (χ3n) is 13.7. The van der Waals surface area contributed by atoms with Crippen LogP contribution in [0.4, 0.5) is 0 Å². The molecule has 0 bridgehead atoms. The fraction of sp³-hybridized carbons (Fsp3) is 0.900. The molecule has 0 aliphatic rings. The lowest BCUT2D eigenvalue weighted by Gasteiger charge is -2.20. The third kappa shape index (κ3) is 51.7. The number of carbonyl (C=O) groups is 2. The Hall–Kier alpha value is -1.66. The summed E-state index contributed by atoms with van der Waals surface area (Å²) in [5, 5.41) is 23.0. The quantitative estimate of drug-likeness (QED) is 0.0321. The van der Waals surface area contributed by atoms with Crippen molar-refractivity contribution in [2.75, 3.05) is 13.2 Å². The largest absolute Gasteiger partial charge is 0.466 e. The van der Waals surface area contributed by atoms with Gasteiger partial charge >= 0.3 is 5.97 Å². The Kier molecular flexibility index (Phi) is 54.5. The van der Waals surface area contributed by atoms with Crippen LogP contribution in [0.2, 0.25) is 0 Å². The molecule has 66 heavy (non-hydrogen) atoms. The molecule has 0 aliphatic heterocycles. The van der Waals surface area contributed by atoms with E-state index in [0.717, 1.165) is 44.9 Å². The van der Waals surface area contributed by atoms with Gasteiger partial charge in [-0.3, -0.25) is 9.59 Å². The first kappa shape index (κ1) is 64.3. The Balaban J connectivity index is 3.42. The number of rotatable bonds is 55. The van der Waals surface area contributed by atoms with Crippen molar-refractivity contribution in [3.05, 3.63) is 24.3 Å². The van der Waals surface area contributed by atoms with E-state index in [1.165, 1.54) is 250 Å². The van der Waals surface area contributed by atoms with Crippen LogP contribution in [0.25, 0.3) is 0 Å². The molecule has 0 spiro atoms. The Bertz CT molecular complexity index is 1030. The van der Waals surface area contributed by atoms with Crippen molar-refractivity contribution in [2.45, 2.75) is 334 Å². The first-order valence-electron chi connectivity index (χ1n) is 29.6. The van der Waals surface area contributed by atoms with Crippen LogP contribution in [0.5, 0.6) is 0 Å². The Morgan fingerprint density at radius 2 is 0.712 bits per heavy atom. The summed E-state index contributed by atoms with van der Waals surface area (Å²) in [6.07, 6.45) is 67.8. The molecule has 2 unspecified atom stereocenters. The summed E-state index contributed by atoms with van der Waals surface area (Å²) in [6.45, 7) is 4.90. The van der Waals surface area contributed by atoms with Crippen LogP contribution in [-0.2, 0) is 14.3 Å². The van der Waals surface area contributed by atoms with Crippen LogP contribution in [-0.4, -0.2) is 47.4 Å². The molecule has 0 fully saturated rings. The number of amides is 1. The number of aliphatic hydroxyl groups is 2. The smallest absolute Gasteiger partial charge is 0.305 e. The maximum Gasteiger partial charge on any atom is 0.305 e. The van der Waals surface area contributed by atoms with E-state index >= 15 is 0 Å². The molecular weight excluding hydrogens is 815 g/mol. The first-order valence-corrected chi connectivity index (χ1v) is 29.6. The molecule has 1 amide bonds. The Morgan fingerprint density at radius 3 is 1.08 bits per heavy atom. The molecule has 6 heteroatoms. The minimum atomic E-state index is -0.848. The predicted molar refractivity (Wildman–Crippen MR) is 287 cm³/mol. The van der Waals surface area contributed by atoms with E-state index in [1.54, 1.807) is 6.08 Å². The van der Waals surface area contributed by atoms with Crippen molar-refractivity contribution >= 4 is 11.9 Å². The van der Waals surface area contributed by atoms with Crippen molar-refractivity contribution < 1.29 is 24.5 Å². The molecule has 0 aliphatic carbocycles. The fourth-order valence-electron chi connectivity index (χ4n) is 9.16. The average molecular weight is 931 g/mol. The molecule has 0 aromatic heterocycles. The lowest BCUT2D eigenvalue weighted by atomic mass is 10.0. The summed E-state index contributed by atoms with van der Waals surface area (Å²) >= 11 is 0. The van der Waals surface area contributed by atoms with Gasteiger partial charge in [-0.1, -0.05) is 276 Å². The van der Waals surface area contributed by atoms with Gasteiger partial charge in [-0.15, -0.1) is 0 Å². The number of unbranched alkanes of at least 4 members (excludes halogenated alkanes) is 42. The van der Waals surface area contributed by atoms with Gasteiger partial charge < -0.3 is 20.3 Å². The average Bonchev–Trinajstić information content (AvgIpc) is 3.32. The SMILES string of the molecule is CCCCCCCCCCCC/C=C/C(O)C(CO)NC(=O)CCCCCCCCC/C=C\CCCCCCCCCCCOC(=O)CCCCCCCCCCCCCCCCCCC. The highest BCUT2D eigenvalue weighted by Gasteiger charge is 2.18. The number of carbonyl (C=O) groups excluding carboxylic acids is 2. The molecule has 3 N–H and O–H groups in total. The minimum Gasteiger partial charge on any atom is -0.466 e. The topological polar surface area (TPSA) is 95.9 Å². The number of allylic oxidation sites excluding steroid dienone is 3. The second-order valence-electron chi connectivity index (χ2n) is 20.3. The van der Waals surface area contributed by atoms with Gasteiger partial charge in [-0.25, -0.2) is 0 Å². The zero-order chi connectivity index (χ0) is 47.9. The molecule has 0 aromatic rings. The zero-order valence-electron chi connectivity index (χ0n) is 44.4. The predicted octanol–water partition coefficient (Wildman–Crippen LogP) is 18.2. The van der Waals surface area contributed by atoms with Gasteiger partial charge in [0, 0.05) is 12.8 Å². The second kappa shape index (κ2) is 55.9. The van der Waals surface area contributed by atoms with Gasteiger partial charge in [0.05, 0.1) is 25.4 Å². The van der Waals surface area contributed by atoms with Gasteiger partial charge in [0.2, 0.25) is 5.91 Å². The van der Waals surface area contributed by atoms with E-state index in [2.05, 4.69) is 31.3 Å². The summed E-state index contributed by atoms with van der Waals surface area (Å²) in [5.41, 5.74) is 0. The lowest BCUT2D eigenvalue weighted by molar-refractivity contribution is -0.143. The van der Waals surface area contributed by atoms with Crippen molar-refractivity contribution in [2.24, 2.45) is 0 Å². The molecular formula is C60H115NO5. The van der Waals surface area contributed by atoms with E-state index in [0.29, 0.717) is 19.4 Å². The van der Waals surface area contributed by atoms with Crippen LogP contribution in [0.3, 0.4) is 0 Å². The van der Waals surface area contributed by atoms with Crippen molar-refractivity contribution in [3.63, 3.8) is 0 Å². The minimum absolute atomic E-state index is 0.00952. The maximum atomic E-state index is 12.4. The van der Waals surface area contributed by atoms with Gasteiger partial charge in [-0.2, -0.15) is 0 Å². The molecule has 0 saturated heterocycles. The van der Waals surface area contributed by atoms with Crippen LogP contribution < -0.4 is 5.32 Å². The summed E-state index contributed by atoms with van der Waals surface area (Å²) in [6, 6.07) is -0.633. The van der Waals surface area contributed by atoms with E-state index in [1.807, 2.05) is 6.08 Å². The van der Waals surface area contributed by atoms with Crippen LogP contribution in [0.15, 0.2) is 24.3 Å². The number of nitrogens with one attached hydrogen (secondary N) is 1. The number of hydrogen-bond acceptors (Lipinski definition) is 5. The molecule has 0 heterocycles. The molecule has 2 atom stereocenters. The zero-order valence-corrected chi connectivity index (χ0v) is 44.4. The van der Waals surface area contributed by atoms with Crippen LogP contribution >= 0.6 is 0 Å². The Morgan fingerprint density at radius 1 is 0.409 bits per heavy atom. The van der Waals surface area contributed by atoms with Crippen LogP contribution in [0, 0.1) is 0 Å². The highest BCUT2D eigenvalue weighted by molar-refractivity contribution is 5.76. The van der Waals surface area contributed by atoms with E-state index in [-0.39, 0.29) is 18.5 Å². The molecule has 0 aromatic carbocycles. The second-order valence-corrected chi connectivity index (χ2v) is 20.3. The lowest BCUT2D eigenvalue weighted by Crippen LogP contribution is -2.45. The van der Waals surface area contributed by atoms with Gasteiger partial charge in [-0.05, 0) is 57.8 Å². The standard InChI is InChI=1S/C60H115NO5/c1-3-5-7-9-11-13-15-17-18-23-27-30-34-38-42-46-50-54-60(65)66-55-51-47-43-39-35-31-28-25-22-20-19-21-24-26-29-33-37-41-45-49-53-59(64)61-57(56-62)58(63)52-48-44-40-36-32-16-14-12-10-8-6-4-2/h19,21,48,52,57-58,62-63H,3-18,20,22-47,49-51,53-56H2,1-2H3,(H,61,64)/b21-19-,52-48+. The number of ether oxygens (including phenoxy) is 1. The first-order chi connectivity index (χ1) is 32.5. The summed E-state index contributed by atoms with van der Waals surface area (Å²) in [7, 11) is 0. The van der Waals surface area contributed by atoms with Gasteiger partial charge in [0.25, 0.3) is 0 Å². The van der Waals surface area contributed by atoms with E-state index in [9.17, 15) is 19.8 Å². The number of hydrogen-bond donors (Lipinski definition) is 3. The van der Waals surface area contributed by atoms with E-state index < -0.39 is 12.1 Å². The highest BCUT2D eigenvalue weighted by Crippen LogP contribution is 2.17. The van der Waals surface area contributed by atoms with Gasteiger partial charge in [0.15, 0.2) is 0 Å². The Labute approximate surface area is 411 Å². The van der Waals surface area contributed by atoms with Crippen LogP contribution in [0.1, 0.15) is 322 Å². The number of aliphatic hydroxyl groups excluding tert-OH is 2. The summed E-state index contributed by atoms with van der Waals surface area (Å²) in [5.74, 6) is -0.0672. The molecule has 390 valence electrons. The fourth-order valence-corrected chi connectivity index (χ4v) is 9.16. The van der Waals surface area contributed by atoms with Gasteiger partial charge in [0.1, 0.15) is 0 Å². The number of esters is 1. The molecule has 0 saturated carbocycles. The van der Waals surface area contributed by atoms with Crippen molar-refractivity contribution in [1.29, 1.82) is 0 Å². The summed E-state index contributed by atoms with van der Waals surface area (Å²) < 4.78 is 5.49. The molecule has 6 nitrogen and oxygen atoms in total. The molecule has 0 rings (SSSR count). The van der Waals surface area contributed by atoms with Crippen molar-refractivity contribution in [3.8, 4) is 0 Å². The highest BCUT2D eigenvalue weighted by atomic mass is 16.5. The third-order valence-corrected chi connectivity index (χ3v) is 13.7. The maximum absolute atomic E-state index is 12.4.